The highest BCUT2D eigenvalue weighted by atomic mass is 35.6. The van der Waals surface area contributed by atoms with E-state index in [-0.39, 0.29) is 0 Å². The molecule has 4 nitrogen and oxygen atoms in total. The molecule has 21 heavy (non-hydrogen) atoms. The Bertz CT molecular complexity index is 551. The van der Waals surface area contributed by atoms with E-state index >= 15 is 0 Å². The van der Waals surface area contributed by atoms with E-state index in [0.717, 1.165) is 26.1 Å². The van der Waals surface area contributed by atoms with Gasteiger partial charge >= 0.3 is 0 Å². The van der Waals surface area contributed by atoms with Gasteiger partial charge in [-0.1, -0.05) is 40.9 Å². The van der Waals surface area contributed by atoms with Crippen molar-refractivity contribution in [3.8, 4) is 0 Å². The van der Waals surface area contributed by atoms with Gasteiger partial charge in [0.2, 0.25) is 0 Å². The van der Waals surface area contributed by atoms with Crippen molar-refractivity contribution in [3.05, 3.63) is 23.8 Å². The lowest BCUT2D eigenvalue weighted by molar-refractivity contribution is -0.130. The first-order chi connectivity index (χ1) is 9.97. The highest BCUT2D eigenvalue weighted by Crippen LogP contribution is 2.33. The van der Waals surface area contributed by atoms with E-state index in [1.165, 1.54) is 16.9 Å². The summed E-state index contributed by atoms with van der Waals surface area (Å²) in [6.45, 7) is 3.64. The van der Waals surface area contributed by atoms with Crippen molar-refractivity contribution in [2.45, 2.75) is 10.2 Å². The number of anilines is 2. The smallest absolute Gasteiger partial charge is 0.274 e. The zero-order valence-corrected chi connectivity index (χ0v) is 13.7. The molecule has 0 aromatic heterocycles. The number of hydrogen-bond donors (Lipinski definition) is 1. The van der Waals surface area contributed by atoms with Crippen molar-refractivity contribution < 1.29 is 4.79 Å². The van der Waals surface area contributed by atoms with E-state index in [1.54, 1.807) is 4.90 Å². The molecule has 0 unspecified atom stereocenters. The van der Waals surface area contributed by atoms with Crippen LogP contribution in [0.1, 0.15) is 5.56 Å². The van der Waals surface area contributed by atoms with Gasteiger partial charge < -0.3 is 15.1 Å². The molecule has 0 radical (unpaired) electrons. The fourth-order valence-electron chi connectivity index (χ4n) is 2.95. The number of benzene rings is 1. The number of amides is 1. The summed E-state index contributed by atoms with van der Waals surface area (Å²) >= 11 is 17.0. The molecule has 0 bridgehead atoms. The van der Waals surface area contributed by atoms with E-state index < -0.39 is 9.70 Å². The highest BCUT2D eigenvalue weighted by Gasteiger charge is 2.36. The first-order valence-electron chi connectivity index (χ1n) is 6.93. The van der Waals surface area contributed by atoms with Crippen LogP contribution in [0.4, 0.5) is 11.4 Å². The minimum Gasteiger partial charge on any atom is -0.384 e. The average molecular weight is 349 g/mol. The van der Waals surface area contributed by atoms with Crippen LogP contribution in [0.25, 0.3) is 0 Å². The second-order valence-corrected chi connectivity index (χ2v) is 7.54. The summed E-state index contributed by atoms with van der Waals surface area (Å²) in [5, 5.41) is 3.38. The van der Waals surface area contributed by atoms with E-state index in [0.29, 0.717) is 13.1 Å². The molecule has 114 valence electrons. The van der Waals surface area contributed by atoms with Crippen molar-refractivity contribution in [2.24, 2.45) is 0 Å². The summed E-state index contributed by atoms with van der Waals surface area (Å²) in [4.78, 5) is 15.9. The second-order valence-electron chi connectivity index (χ2n) is 5.26. The van der Waals surface area contributed by atoms with Crippen LogP contribution in [0, 0.1) is 0 Å². The van der Waals surface area contributed by atoms with Gasteiger partial charge in [0, 0.05) is 49.7 Å². The van der Waals surface area contributed by atoms with E-state index in [2.05, 4.69) is 28.4 Å². The predicted octanol–water partition coefficient (Wildman–Crippen LogP) is 2.67. The molecule has 2 aliphatic rings. The lowest BCUT2D eigenvalue weighted by Gasteiger charge is -2.37. The number of hydrogen-bond acceptors (Lipinski definition) is 3. The molecule has 1 fully saturated rings. The molecule has 0 atom stereocenters. The summed E-state index contributed by atoms with van der Waals surface area (Å²) in [6, 6.07) is 6.30. The number of carbonyl (C=O) groups is 1. The molecule has 0 saturated carbocycles. The first kappa shape index (κ1) is 15.1. The van der Waals surface area contributed by atoms with Crippen LogP contribution in [-0.4, -0.2) is 47.3 Å². The van der Waals surface area contributed by atoms with E-state index in [9.17, 15) is 4.79 Å². The number of rotatable bonds is 1. The summed E-state index contributed by atoms with van der Waals surface area (Å²) in [5.41, 5.74) is 3.82. The largest absolute Gasteiger partial charge is 0.384 e. The Morgan fingerprint density at radius 3 is 2.52 bits per heavy atom. The summed E-state index contributed by atoms with van der Waals surface area (Å²) in [7, 11) is 0. The maximum Gasteiger partial charge on any atom is 0.274 e. The molecule has 1 aromatic carbocycles. The molecule has 1 amide bonds. The lowest BCUT2D eigenvalue weighted by atomic mass is 10.1. The standard InChI is InChI=1S/C14H16Cl3N3O/c15-14(16,17)13(21)20-8-6-19(7-9-20)12-3-1-2-11-10(12)4-5-18-11/h1-3,18H,4-9H2. The monoisotopic (exact) mass is 347 g/mol. The fraction of sp³-hybridized carbons (Fsp3) is 0.500. The molecule has 1 N–H and O–H groups in total. The van der Waals surface area contributed by atoms with Crippen molar-refractivity contribution in [1.82, 2.24) is 4.90 Å². The summed E-state index contributed by atoms with van der Waals surface area (Å²) in [6.07, 6.45) is 1.04. The quantitative estimate of drug-likeness (QED) is 0.793. The number of nitrogens with zero attached hydrogens (tertiary/aromatic N) is 2. The number of nitrogens with one attached hydrogen (secondary N) is 1. The van der Waals surface area contributed by atoms with Gasteiger partial charge in [0.25, 0.3) is 9.70 Å². The SMILES string of the molecule is O=C(N1CCN(c2cccc3c2CCN3)CC1)C(Cl)(Cl)Cl. The third-order valence-corrected chi connectivity index (χ3v) is 4.48. The van der Waals surface area contributed by atoms with Gasteiger partial charge in [-0.3, -0.25) is 4.79 Å². The number of alkyl halides is 3. The predicted molar refractivity (Wildman–Crippen MR) is 87.7 cm³/mol. The van der Waals surface area contributed by atoms with Gasteiger partial charge in [0.1, 0.15) is 0 Å². The van der Waals surface area contributed by atoms with Crippen LogP contribution in [0.5, 0.6) is 0 Å². The number of carbonyl (C=O) groups excluding carboxylic acids is 1. The first-order valence-corrected chi connectivity index (χ1v) is 8.07. The van der Waals surface area contributed by atoms with Crippen molar-refractivity contribution in [1.29, 1.82) is 0 Å². The fourth-order valence-corrected chi connectivity index (χ4v) is 3.31. The molecule has 1 saturated heterocycles. The van der Waals surface area contributed by atoms with Crippen molar-refractivity contribution in [2.75, 3.05) is 42.9 Å². The van der Waals surface area contributed by atoms with E-state index in [1.807, 2.05) is 0 Å². The van der Waals surface area contributed by atoms with Crippen LogP contribution >= 0.6 is 34.8 Å². The van der Waals surface area contributed by atoms with Crippen LogP contribution in [-0.2, 0) is 11.2 Å². The highest BCUT2D eigenvalue weighted by molar-refractivity contribution is 6.76. The lowest BCUT2D eigenvalue weighted by Crippen LogP contribution is -2.52. The maximum absolute atomic E-state index is 12.0. The van der Waals surface area contributed by atoms with Gasteiger partial charge in [0.15, 0.2) is 0 Å². The molecule has 7 heteroatoms. The zero-order chi connectivity index (χ0) is 15.0. The normalized spacial score (nSPS) is 18.4. The van der Waals surface area contributed by atoms with Gasteiger partial charge in [-0.15, -0.1) is 0 Å². The molecule has 3 rings (SSSR count). The Labute approximate surface area is 138 Å². The zero-order valence-electron chi connectivity index (χ0n) is 11.4. The van der Waals surface area contributed by atoms with Crippen LogP contribution in [0.3, 0.4) is 0 Å². The van der Waals surface area contributed by atoms with Gasteiger partial charge in [-0.05, 0) is 18.6 Å². The van der Waals surface area contributed by atoms with Crippen LogP contribution < -0.4 is 10.2 Å². The molecule has 1 aromatic rings. The Morgan fingerprint density at radius 2 is 1.86 bits per heavy atom. The Hall–Kier alpha value is -0.840. The summed E-state index contributed by atoms with van der Waals surface area (Å²) < 4.78 is -1.86. The Morgan fingerprint density at radius 1 is 1.14 bits per heavy atom. The summed E-state index contributed by atoms with van der Waals surface area (Å²) in [5.74, 6) is -0.438. The molecule has 0 spiro atoms. The maximum atomic E-state index is 12.0. The average Bonchev–Trinajstić information content (AvgIpc) is 2.94. The molecular formula is C14H16Cl3N3O. The van der Waals surface area contributed by atoms with Crippen LogP contribution in [0.2, 0.25) is 0 Å². The van der Waals surface area contributed by atoms with Gasteiger partial charge in [-0.2, -0.15) is 0 Å². The topological polar surface area (TPSA) is 35.6 Å². The molecule has 2 heterocycles. The van der Waals surface area contributed by atoms with Crippen molar-refractivity contribution >= 4 is 52.1 Å². The Kier molecular flexibility index (Phi) is 4.12. The van der Waals surface area contributed by atoms with E-state index in [4.69, 9.17) is 34.8 Å². The number of halogens is 3. The third kappa shape index (κ3) is 3.03. The number of piperazine rings is 1. The van der Waals surface area contributed by atoms with Crippen LogP contribution in [0.15, 0.2) is 18.2 Å². The molecule has 2 aliphatic heterocycles. The molecule has 0 aliphatic carbocycles. The van der Waals surface area contributed by atoms with Gasteiger partial charge in [0.05, 0.1) is 0 Å². The minimum atomic E-state index is -1.86. The molecular weight excluding hydrogens is 333 g/mol. The second kappa shape index (κ2) is 5.75. The number of fused-ring (bicyclic) bond motifs is 1. The van der Waals surface area contributed by atoms with Crippen molar-refractivity contribution in [3.63, 3.8) is 0 Å². The minimum absolute atomic E-state index is 0.438. The third-order valence-electron chi connectivity index (χ3n) is 3.99. The van der Waals surface area contributed by atoms with Gasteiger partial charge in [-0.25, -0.2) is 0 Å². The Balaban J connectivity index is 1.70.